The van der Waals surface area contributed by atoms with Gasteiger partial charge in [-0.05, 0) is 56.5 Å². The number of sulfone groups is 1. The Balaban J connectivity index is 1.96. The van der Waals surface area contributed by atoms with Gasteiger partial charge in [-0.25, -0.2) is 21.6 Å². The largest absolute Gasteiger partial charge is 0.381 e. The molecule has 0 unspecified atom stereocenters. The number of nitrogens with one attached hydrogen (secondary N) is 1. The Labute approximate surface area is 171 Å². The molecule has 0 radical (unpaired) electrons. The molecule has 1 N–H and O–H groups in total. The van der Waals surface area contributed by atoms with Crippen LogP contribution in [0, 0.1) is 6.92 Å². The van der Waals surface area contributed by atoms with Crippen LogP contribution in [0.5, 0.6) is 0 Å². The monoisotopic (exact) mass is 437 g/mol. The van der Waals surface area contributed by atoms with E-state index in [1.807, 2.05) is 0 Å². The van der Waals surface area contributed by atoms with Gasteiger partial charge in [-0.3, -0.25) is 4.79 Å². The Morgan fingerprint density at radius 1 is 0.966 bits per heavy atom. The molecule has 9 heteroatoms. The molecule has 29 heavy (non-hydrogen) atoms. The van der Waals surface area contributed by atoms with Gasteiger partial charge < -0.3 is 4.74 Å². The average Bonchev–Trinajstić information content (AvgIpc) is 2.68. The molecule has 2 aromatic carbocycles. The van der Waals surface area contributed by atoms with E-state index in [4.69, 9.17) is 4.74 Å². The van der Waals surface area contributed by atoms with Crippen LogP contribution in [0.2, 0.25) is 0 Å². The molecule has 3 rings (SSSR count). The maximum Gasteiger partial charge on any atom is 0.241 e. The quantitative estimate of drug-likeness (QED) is 0.696. The Morgan fingerprint density at radius 2 is 1.55 bits per heavy atom. The SMILES string of the molecule is CC(=O)c1ccc(S(=O)(=O)c2ccc(C)c(S(=O)(=O)NC3CCOCC3)c2)cc1. The van der Waals surface area contributed by atoms with Gasteiger partial charge in [0.1, 0.15) is 0 Å². The van der Waals surface area contributed by atoms with E-state index in [1.165, 1.54) is 49.4 Å². The number of hydrogen-bond donors (Lipinski definition) is 1. The van der Waals surface area contributed by atoms with Crippen LogP contribution < -0.4 is 4.72 Å². The number of rotatable bonds is 6. The third-order valence-electron chi connectivity index (χ3n) is 4.87. The van der Waals surface area contributed by atoms with Gasteiger partial charge in [0.05, 0.1) is 14.7 Å². The Morgan fingerprint density at radius 3 is 2.14 bits per heavy atom. The molecule has 0 atom stereocenters. The summed E-state index contributed by atoms with van der Waals surface area (Å²) in [6.07, 6.45) is 1.14. The lowest BCUT2D eigenvalue weighted by molar-refractivity contribution is 0.0832. The van der Waals surface area contributed by atoms with Gasteiger partial charge in [-0.15, -0.1) is 0 Å². The Kier molecular flexibility index (Phi) is 6.23. The first kappa shape index (κ1) is 21.6. The lowest BCUT2D eigenvalue weighted by atomic mass is 10.1. The normalized spacial score (nSPS) is 15.9. The van der Waals surface area contributed by atoms with Gasteiger partial charge >= 0.3 is 0 Å². The van der Waals surface area contributed by atoms with Gasteiger partial charge in [0.15, 0.2) is 5.78 Å². The van der Waals surface area contributed by atoms with Crippen molar-refractivity contribution in [3.05, 3.63) is 53.6 Å². The maximum absolute atomic E-state index is 13.0. The van der Waals surface area contributed by atoms with Crippen molar-refractivity contribution in [2.24, 2.45) is 0 Å². The topological polar surface area (TPSA) is 107 Å². The third-order valence-corrected chi connectivity index (χ3v) is 8.30. The van der Waals surface area contributed by atoms with E-state index in [1.54, 1.807) is 6.92 Å². The van der Waals surface area contributed by atoms with E-state index in [0.29, 0.717) is 37.2 Å². The molecule has 0 aliphatic carbocycles. The van der Waals surface area contributed by atoms with Crippen molar-refractivity contribution < 1.29 is 26.4 Å². The molecule has 0 aromatic heterocycles. The summed E-state index contributed by atoms with van der Waals surface area (Å²) >= 11 is 0. The fourth-order valence-corrected chi connectivity index (χ4v) is 6.08. The molecule has 1 fully saturated rings. The Bertz CT molecular complexity index is 1120. The summed E-state index contributed by atoms with van der Waals surface area (Å²) in [6, 6.07) is 9.38. The summed E-state index contributed by atoms with van der Waals surface area (Å²) in [7, 11) is -7.83. The first-order valence-corrected chi connectivity index (χ1v) is 12.1. The van der Waals surface area contributed by atoms with Gasteiger partial charge in [0.2, 0.25) is 19.9 Å². The molecule has 1 aliphatic heterocycles. The number of ketones is 1. The Hall–Kier alpha value is -2.07. The number of aryl methyl sites for hydroxylation is 1. The van der Waals surface area contributed by atoms with Crippen molar-refractivity contribution in [2.45, 2.75) is 47.4 Å². The number of benzene rings is 2. The van der Waals surface area contributed by atoms with Crippen LogP contribution in [0.4, 0.5) is 0 Å². The summed E-state index contributed by atoms with van der Waals surface area (Å²) in [5.41, 5.74) is 0.854. The second-order valence-electron chi connectivity index (χ2n) is 7.02. The van der Waals surface area contributed by atoms with Gasteiger partial charge in [0, 0.05) is 24.8 Å². The number of carbonyl (C=O) groups is 1. The zero-order valence-electron chi connectivity index (χ0n) is 16.2. The first-order chi connectivity index (χ1) is 13.6. The van der Waals surface area contributed by atoms with Crippen LogP contribution in [0.1, 0.15) is 35.7 Å². The molecule has 0 bridgehead atoms. The van der Waals surface area contributed by atoms with Crippen LogP contribution >= 0.6 is 0 Å². The fraction of sp³-hybridized carbons (Fsp3) is 0.350. The number of ether oxygens (including phenoxy) is 1. The van der Waals surface area contributed by atoms with Crippen molar-refractivity contribution in [1.29, 1.82) is 0 Å². The maximum atomic E-state index is 13.0. The second kappa shape index (κ2) is 8.35. The summed E-state index contributed by atoms with van der Waals surface area (Å²) in [5, 5.41) is 0. The molecule has 0 amide bonds. The minimum atomic E-state index is -3.94. The van der Waals surface area contributed by atoms with Crippen molar-refractivity contribution in [3.8, 4) is 0 Å². The molecule has 156 valence electrons. The first-order valence-electron chi connectivity index (χ1n) is 9.18. The fourth-order valence-electron chi connectivity index (χ4n) is 3.14. The second-order valence-corrected chi connectivity index (χ2v) is 10.7. The van der Waals surface area contributed by atoms with E-state index in [2.05, 4.69) is 4.72 Å². The molecule has 1 heterocycles. The van der Waals surface area contributed by atoms with Crippen LogP contribution in [0.15, 0.2) is 57.2 Å². The highest BCUT2D eigenvalue weighted by molar-refractivity contribution is 7.91. The zero-order chi connectivity index (χ0) is 21.2. The van der Waals surface area contributed by atoms with Crippen molar-refractivity contribution in [2.75, 3.05) is 13.2 Å². The zero-order valence-corrected chi connectivity index (χ0v) is 17.8. The lowest BCUT2D eigenvalue weighted by Gasteiger charge is -2.23. The summed E-state index contributed by atoms with van der Waals surface area (Å²) in [5.74, 6) is -0.170. The van der Waals surface area contributed by atoms with E-state index < -0.39 is 19.9 Å². The summed E-state index contributed by atoms with van der Waals surface area (Å²) in [6.45, 7) is 3.98. The van der Waals surface area contributed by atoms with Gasteiger partial charge in [-0.2, -0.15) is 0 Å². The predicted molar refractivity (Wildman–Crippen MR) is 107 cm³/mol. The van der Waals surface area contributed by atoms with Crippen LogP contribution in [-0.2, 0) is 24.6 Å². The van der Waals surface area contributed by atoms with Crippen LogP contribution in [-0.4, -0.2) is 41.9 Å². The number of Topliss-reactive ketones (excluding diaryl/α,β-unsaturated/α-hetero) is 1. The van der Waals surface area contributed by atoms with E-state index in [-0.39, 0.29) is 26.5 Å². The van der Waals surface area contributed by atoms with Crippen molar-refractivity contribution >= 4 is 25.6 Å². The van der Waals surface area contributed by atoms with Crippen LogP contribution in [0.25, 0.3) is 0 Å². The summed E-state index contributed by atoms with van der Waals surface area (Å²) < 4.78 is 59.6. The van der Waals surface area contributed by atoms with Crippen molar-refractivity contribution in [1.82, 2.24) is 4.72 Å². The minimum Gasteiger partial charge on any atom is -0.381 e. The molecule has 0 saturated carbocycles. The molecule has 2 aromatic rings. The predicted octanol–water partition coefficient (Wildman–Crippen LogP) is 2.49. The number of sulfonamides is 1. The standard InChI is InChI=1S/C20H23NO6S2/c1-14-3-6-19(28(23,24)18-7-4-16(5-8-18)15(2)22)13-20(14)29(25,26)21-17-9-11-27-12-10-17/h3-8,13,17,21H,9-12H2,1-2H3. The van der Waals surface area contributed by atoms with E-state index in [9.17, 15) is 21.6 Å². The third kappa shape index (κ3) is 4.75. The molecule has 1 saturated heterocycles. The van der Waals surface area contributed by atoms with Crippen molar-refractivity contribution in [3.63, 3.8) is 0 Å². The number of carbonyl (C=O) groups excluding carboxylic acids is 1. The van der Waals surface area contributed by atoms with E-state index in [0.717, 1.165) is 0 Å². The molecule has 1 aliphatic rings. The highest BCUT2D eigenvalue weighted by atomic mass is 32.2. The van der Waals surface area contributed by atoms with Gasteiger partial charge in [-0.1, -0.05) is 18.2 Å². The average molecular weight is 438 g/mol. The minimum absolute atomic E-state index is 0.00732. The van der Waals surface area contributed by atoms with Crippen LogP contribution in [0.3, 0.4) is 0 Å². The highest BCUT2D eigenvalue weighted by Gasteiger charge is 2.26. The summed E-state index contributed by atoms with van der Waals surface area (Å²) in [4.78, 5) is 11.2. The number of hydrogen-bond acceptors (Lipinski definition) is 6. The van der Waals surface area contributed by atoms with Gasteiger partial charge in [0.25, 0.3) is 0 Å². The molecular weight excluding hydrogens is 414 g/mol. The highest BCUT2D eigenvalue weighted by Crippen LogP contribution is 2.26. The molecular formula is C20H23NO6S2. The molecule has 0 spiro atoms. The lowest BCUT2D eigenvalue weighted by Crippen LogP contribution is -2.39. The van der Waals surface area contributed by atoms with E-state index >= 15 is 0 Å². The molecule has 7 nitrogen and oxygen atoms in total. The smallest absolute Gasteiger partial charge is 0.241 e.